The summed E-state index contributed by atoms with van der Waals surface area (Å²) < 4.78 is 9.69. The number of nitrogens with one attached hydrogen (secondary N) is 2. The number of carbonyl (C=O) groups excluding carboxylic acids is 1. The Hall–Kier alpha value is -4.26. The van der Waals surface area contributed by atoms with Crippen molar-refractivity contribution in [1.29, 1.82) is 0 Å². The highest BCUT2D eigenvalue weighted by Crippen LogP contribution is 2.39. The fraction of sp³-hybridized carbons (Fsp3) is 0.414. The van der Waals surface area contributed by atoms with Crippen LogP contribution in [0.3, 0.4) is 0 Å². The van der Waals surface area contributed by atoms with Gasteiger partial charge in [0.2, 0.25) is 11.8 Å². The quantitative estimate of drug-likeness (QED) is 0.293. The SMILES string of the molecule is C=C=C(Nc1ccc(-c2cncc(OCC)n2)cn1)C1(c2ccnc(N)n2)CCNCC1.C=O.CC.CO.COC.O.[HH].[HH]. The molecule has 3 aromatic heterocycles. The number of pyridine rings is 1. The normalized spacial score (nSPS) is 12.2. The van der Waals surface area contributed by atoms with Crippen molar-refractivity contribution >= 4 is 18.6 Å². The van der Waals surface area contributed by atoms with Crippen molar-refractivity contribution in [2.75, 3.05) is 52.1 Å². The summed E-state index contributed by atoms with van der Waals surface area (Å²) in [6.45, 7) is 14.1. The largest absolute Gasteiger partial charge is 0.477 e. The molecular weight excluding hydrogens is 540 g/mol. The third-order valence-electron chi connectivity index (χ3n) is 5.49. The number of nitrogens with two attached hydrogens (primary N) is 1. The Kier molecular flexibility index (Phi) is 22.3. The third kappa shape index (κ3) is 11.7. The van der Waals surface area contributed by atoms with E-state index in [0.717, 1.165) is 50.0 Å². The van der Waals surface area contributed by atoms with Crippen LogP contribution in [0.4, 0.5) is 11.8 Å². The summed E-state index contributed by atoms with van der Waals surface area (Å²) in [5.74, 6) is 1.41. The Balaban J connectivity index is -0.000000607. The molecule has 236 valence electrons. The van der Waals surface area contributed by atoms with Gasteiger partial charge in [-0.05, 0) is 51.1 Å². The van der Waals surface area contributed by atoms with Gasteiger partial charge in [-0.15, -0.1) is 5.73 Å². The molecule has 0 amide bonds. The summed E-state index contributed by atoms with van der Waals surface area (Å²) in [5.41, 5.74) is 11.8. The summed E-state index contributed by atoms with van der Waals surface area (Å²) in [4.78, 5) is 29.8. The molecule has 0 saturated carbocycles. The Labute approximate surface area is 251 Å². The molecule has 0 aliphatic carbocycles. The molecule has 0 unspecified atom stereocenters. The van der Waals surface area contributed by atoms with Crippen LogP contribution < -0.4 is 21.1 Å². The standard InChI is InChI=1S/C23H26N8O.C2H6O.C2H6.CH4O.CH2O.H2O.2H2/c1-3-18(23(8-11-25-12-9-23)19-7-10-27-22(24)31-19)30-20-6-5-16(13-28-20)17-14-26-15-21(29-17)32-4-2;1-3-2;3*1-2;;;/h5-7,10,13-15,25H,1,4,8-9,11-12H2,2H3,(H,28,30)(H2,24,27,31);1-2H3;1-2H3;2H,1H3;1H2;1H2;2*1H. The number of nitrogen functional groups attached to an aromatic ring is 1. The number of anilines is 2. The number of aliphatic hydroxyl groups is 1. The second-order valence-corrected chi connectivity index (χ2v) is 7.82. The highest BCUT2D eigenvalue weighted by atomic mass is 16.5. The molecule has 4 rings (SSSR count). The number of nitrogens with zero attached hydrogens (tertiary/aromatic N) is 5. The summed E-state index contributed by atoms with van der Waals surface area (Å²) in [6.07, 6.45) is 8.37. The van der Waals surface area contributed by atoms with Gasteiger partial charge in [0.15, 0.2) is 0 Å². The second-order valence-electron chi connectivity index (χ2n) is 7.82. The molecule has 1 aliphatic heterocycles. The second kappa shape index (κ2) is 23.4. The first-order chi connectivity index (χ1) is 20.1. The van der Waals surface area contributed by atoms with Gasteiger partial charge in [-0.2, -0.15) is 0 Å². The van der Waals surface area contributed by atoms with E-state index in [1.165, 1.54) is 0 Å². The van der Waals surface area contributed by atoms with Crippen LogP contribution in [-0.4, -0.2) is 83.3 Å². The minimum absolute atomic E-state index is 0. The van der Waals surface area contributed by atoms with E-state index in [1.54, 1.807) is 39.0 Å². The van der Waals surface area contributed by atoms with Crippen LogP contribution in [0.25, 0.3) is 11.3 Å². The molecule has 0 atom stereocenters. The highest BCUT2D eigenvalue weighted by molar-refractivity contribution is 5.60. The molecule has 0 bridgehead atoms. The number of allylic oxidation sites excluding steroid dienone is 1. The van der Waals surface area contributed by atoms with E-state index in [0.29, 0.717) is 24.0 Å². The summed E-state index contributed by atoms with van der Waals surface area (Å²) in [7, 11) is 4.25. The predicted molar refractivity (Wildman–Crippen MR) is 170 cm³/mol. The minimum Gasteiger partial charge on any atom is -0.477 e. The Bertz CT molecular complexity index is 1180. The van der Waals surface area contributed by atoms with Gasteiger partial charge in [0, 0.05) is 42.1 Å². The number of methoxy groups -OCH3 is 1. The van der Waals surface area contributed by atoms with Crippen molar-refractivity contribution in [1.82, 2.24) is 30.2 Å². The number of carbonyl (C=O) groups is 1. The first-order valence-corrected chi connectivity index (χ1v) is 13.1. The Morgan fingerprint density at radius 1 is 1.12 bits per heavy atom. The lowest BCUT2D eigenvalue weighted by Crippen LogP contribution is -2.43. The average Bonchev–Trinajstić information content (AvgIpc) is 3.04. The zero-order valence-corrected chi connectivity index (χ0v) is 25.5. The molecule has 3 aromatic rings. The zero-order chi connectivity index (χ0) is 31.1. The topological polar surface area (TPSA) is 202 Å². The van der Waals surface area contributed by atoms with Crippen LogP contribution in [-0.2, 0) is 14.9 Å². The van der Waals surface area contributed by atoms with E-state index in [4.69, 9.17) is 20.4 Å². The van der Waals surface area contributed by atoms with E-state index in [9.17, 15) is 0 Å². The van der Waals surface area contributed by atoms with Gasteiger partial charge in [-0.3, -0.25) is 4.98 Å². The number of aliphatic hydroxyl groups excluding tert-OH is 1. The molecule has 1 saturated heterocycles. The van der Waals surface area contributed by atoms with Gasteiger partial charge >= 0.3 is 0 Å². The van der Waals surface area contributed by atoms with Crippen molar-refractivity contribution in [3.8, 4) is 17.1 Å². The maximum Gasteiger partial charge on any atom is 0.232 e. The fourth-order valence-corrected chi connectivity index (χ4v) is 3.91. The van der Waals surface area contributed by atoms with Gasteiger partial charge in [-0.25, -0.2) is 19.9 Å². The molecule has 13 heteroatoms. The molecule has 0 spiro atoms. The molecule has 13 nitrogen and oxygen atoms in total. The van der Waals surface area contributed by atoms with Crippen LogP contribution in [0, 0.1) is 0 Å². The predicted octanol–water partition coefficient (Wildman–Crippen LogP) is 3.09. The Morgan fingerprint density at radius 3 is 2.29 bits per heavy atom. The lowest BCUT2D eigenvalue weighted by atomic mass is 9.73. The van der Waals surface area contributed by atoms with Gasteiger partial charge in [0.05, 0.1) is 41.5 Å². The van der Waals surface area contributed by atoms with E-state index in [1.807, 2.05) is 45.8 Å². The summed E-state index contributed by atoms with van der Waals surface area (Å²) in [5, 5.41) is 13.8. The van der Waals surface area contributed by atoms with Crippen LogP contribution in [0.2, 0.25) is 0 Å². The number of rotatable bonds is 7. The highest BCUT2D eigenvalue weighted by Gasteiger charge is 2.39. The van der Waals surface area contributed by atoms with Crippen LogP contribution in [0.5, 0.6) is 5.88 Å². The van der Waals surface area contributed by atoms with Gasteiger partial charge in [-0.1, -0.05) is 20.4 Å². The van der Waals surface area contributed by atoms with Crippen LogP contribution in [0.1, 0.15) is 42.2 Å². The van der Waals surface area contributed by atoms with Crippen molar-refractivity contribution in [2.45, 2.75) is 39.0 Å². The number of hydrogen-bond donors (Lipinski definition) is 4. The number of hydrogen-bond acceptors (Lipinski definition) is 12. The van der Waals surface area contributed by atoms with E-state index < -0.39 is 5.41 Å². The smallest absolute Gasteiger partial charge is 0.232 e. The molecule has 4 heterocycles. The van der Waals surface area contributed by atoms with E-state index in [2.05, 4.69) is 52.6 Å². The van der Waals surface area contributed by atoms with Crippen LogP contribution >= 0.6 is 0 Å². The minimum atomic E-state index is -0.401. The molecule has 7 N–H and O–H groups in total. The molecule has 1 aliphatic rings. The molecule has 0 aromatic carbocycles. The monoisotopic (exact) mass is 590 g/mol. The van der Waals surface area contributed by atoms with Gasteiger partial charge in [0.25, 0.3) is 0 Å². The molecular formula is C29H50N8O5. The maximum atomic E-state index is 8.00. The number of ether oxygens (including phenoxy) is 2. The van der Waals surface area contributed by atoms with Crippen molar-refractivity contribution in [3.63, 3.8) is 0 Å². The zero-order valence-electron chi connectivity index (χ0n) is 25.5. The molecule has 1 fully saturated rings. The summed E-state index contributed by atoms with van der Waals surface area (Å²) >= 11 is 0. The van der Waals surface area contributed by atoms with E-state index in [-0.39, 0.29) is 14.3 Å². The first kappa shape index (κ1) is 39.9. The third-order valence-corrected chi connectivity index (χ3v) is 5.49. The fourth-order valence-electron chi connectivity index (χ4n) is 3.91. The number of aromatic nitrogens is 5. The lowest BCUT2D eigenvalue weighted by molar-refractivity contribution is -0.0980. The number of piperidine rings is 1. The van der Waals surface area contributed by atoms with Crippen LogP contribution in [0.15, 0.2) is 61.0 Å². The first-order valence-electron chi connectivity index (χ1n) is 13.1. The van der Waals surface area contributed by atoms with Gasteiger partial charge in [0.1, 0.15) is 12.6 Å². The van der Waals surface area contributed by atoms with Gasteiger partial charge < -0.3 is 41.2 Å². The Morgan fingerprint density at radius 2 is 1.76 bits per heavy atom. The van der Waals surface area contributed by atoms with Crippen molar-refractivity contribution in [2.24, 2.45) is 0 Å². The molecule has 42 heavy (non-hydrogen) atoms. The summed E-state index contributed by atoms with van der Waals surface area (Å²) in [6, 6.07) is 5.74. The van der Waals surface area contributed by atoms with Crippen molar-refractivity contribution in [3.05, 3.63) is 66.7 Å². The van der Waals surface area contributed by atoms with Crippen molar-refractivity contribution < 1.29 is 27.7 Å². The maximum absolute atomic E-state index is 8.00. The van der Waals surface area contributed by atoms with E-state index >= 15 is 0 Å². The average molecular weight is 591 g/mol. The molecule has 0 radical (unpaired) electrons. The lowest BCUT2D eigenvalue weighted by Gasteiger charge is -2.38.